The number of hydrogen-bond acceptors (Lipinski definition) is 10. The van der Waals surface area contributed by atoms with Crippen molar-refractivity contribution < 1.29 is 39.6 Å². The highest BCUT2D eigenvalue weighted by Gasteiger charge is 2.17. The molecule has 0 saturated heterocycles. The fourth-order valence-corrected chi connectivity index (χ4v) is 3.27. The maximum Gasteiger partial charge on any atom is 0.317 e. The average Bonchev–Trinajstić information content (AvgIpc) is 3.42. The zero-order chi connectivity index (χ0) is 26.2. The average molecular weight is 502 g/mol. The van der Waals surface area contributed by atoms with Gasteiger partial charge in [-0.25, -0.2) is 14.3 Å². The second-order valence-electron chi connectivity index (χ2n) is 7.60. The Hall–Kier alpha value is -4.70. The molecular formula is C20H22N8O8. The van der Waals surface area contributed by atoms with Gasteiger partial charge in [-0.15, -0.1) is 0 Å². The lowest BCUT2D eigenvalue weighted by atomic mass is 10.3. The van der Waals surface area contributed by atoms with Gasteiger partial charge in [0.15, 0.2) is 11.6 Å². The molecule has 3 rings (SSSR count). The van der Waals surface area contributed by atoms with Gasteiger partial charge in [0.25, 0.3) is 0 Å². The Morgan fingerprint density at radius 3 is 1.36 bits per heavy atom. The molecule has 0 aliphatic carbocycles. The Morgan fingerprint density at radius 1 is 0.667 bits per heavy atom. The normalized spacial score (nSPS) is 11.2. The van der Waals surface area contributed by atoms with Gasteiger partial charge in [0.2, 0.25) is 0 Å². The van der Waals surface area contributed by atoms with Crippen LogP contribution < -0.4 is 0 Å². The first-order valence-corrected chi connectivity index (χ1v) is 10.3. The van der Waals surface area contributed by atoms with Crippen LogP contribution in [0.1, 0.15) is 11.4 Å². The first-order chi connectivity index (χ1) is 17.1. The van der Waals surface area contributed by atoms with Crippen LogP contribution in [0.2, 0.25) is 0 Å². The molecule has 0 aliphatic heterocycles. The minimum Gasteiger partial charge on any atom is -0.480 e. The molecule has 0 amide bonds. The number of hydrogen-bond donors (Lipinski definition) is 4. The summed E-state index contributed by atoms with van der Waals surface area (Å²) in [5.74, 6) is -4.05. The summed E-state index contributed by atoms with van der Waals surface area (Å²) in [5.41, 5.74) is 0.839. The smallest absolute Gasteiger partial charge is 0.317 e. The molecule has 0 radical (unpaired) electrons. The van der Waals surface area contributed by atoms with Crippen molar-refractivity contribution in [3.63, 3.8) is 0 Å². The summed E-state index contributed by atoms with van der Waals surface area (Å²) in [6.07, 6.45) is 5.98. The predicted molar refractivity (Wildman–Crippen MR) is 117 cm³/mol. The number of aromatic nitrogens is 6. The molecule has 0 atom stereocenters. The highest BCUT2D eigenvalue weighted by molar-refractivity contribution is 5.73. The molecule has 3 aromatic rings. The quantitative estimate of drug-likeness (QED) is 0.203. The fraction of sp³-hybridized carbons (Fsp3) is 0.300. The predicted octanol–water partition coefficient (Wildman–Crippen LogP) is -1.21. The summed E-state index contributed by atoms with van der Waals surface area (Å²) in [4.78, 5) is 54.9. The molecular weight excluding hydrogens is 480 g/mol. The van der Waals surface area contributed by atoms with Gasteiger partial charge >= 0.3 is 23.9 Å². The molecule has 3 heterocycles. The molecule has 3 aromatic heterocycles. The van der Waals surface area contributed by atoms with E-state index in [0.29, 0.717) is 23.0 Å². The van der Waals surface area contributed by atoms with E-state index < -0.39 is 50.1 Å². The van der Waals surface area contributed by atoms with Crippen LogP contribution in [0, 0.1) is 0 Å². The van der Waals surface area contributed by atoms with Crippen LogP contribution in [0.25, 0.3) is 11.6 Å². The van der Waals surface area contributed by atoms with E-state index in [1.807, 2.05) is 0 Å². The van der Waals surface area contributed by atoms with E-state index in [1.165, 1.54) is 31.6 Å². The Morgan fingerprint density at radius 2 is 1.03 bits per heavy atom. The maximum atomic E-state index is 11.0. The van der Waals surface area contributed by atoms with Crippen molar-refractivity contribution in [1.29, 1.82) is 0 Å². The van der Waals surface area contributed by atoms with Gasteiger partial charge < -0.3 is 20.4 Å². The van der Waals surface area contributed by atoms with E-state index in [-0.39, 0.29) is 13.1 Å². The summed E-state index contributed by atoms with van der Waals surface area (Å²) in [6.45, 7) is -1.88. The van der Waals surface area contributed by atoms with Crippen molar-refractivity contribution in [2.24, 2.45) is 0 Å². The molecule has 0 unspecified atom stereocenters. The largest absolute Gasteiger partial charge is 0.480 e. The van der Waals surface area contributed by atoms with Crippen LogP contribution in [0.15, 0.2) is 36.9 Å². The van der Waals surface area contributed by atoms with Crippen molar-refractivity contribution in [1.82, 2.24) is 39.3 Å². The fourth-order valence-electron chi connectivity index (χ4n) is 3.27. The van der Waals surface area contributed by atoms with Crippen LogP contribution in [-0.4, -0.2) is 110 Å². The summed E-state index contributed by atoms with van der Waals surface area (Å²) in [7, 11) is 0. The first-order valence-electron chi connectivity index (χ1n) is 10.3. The van der Waals surface area contributed by atoms with Gasteiger partial charge in [0, 0.05) is 25.5 Å². The second-order valence-corrected chi connectivity index (χ2v) is 7.60. The molecule has 0 aromatic carbocycles. The van der Waals surface area contributed by atoms with Gasteiger partial charge in [-0.05, 0) is 12.1 Å². The summed E-state index contributed by atoms with van der Waals surface area (Å²) in [6, 6.07) is 3.19. The number of nitrogens with zero attached hydrogens (tertiary/aromatic N) is 8. The van der Waals surface area contributed by atoms with Crippen LogP contribution in [-0.2, 0) is 32.3 Å². The second kappa shape index (κ2) is 11.6. The summed E-state index contributed by atoms with van der Waals surface area (Å²) < 4.78 is 2.77. The van der Waals surface area contributed by atoms with Gasteiger partial charge in [0.1, 0.15) is 0 Å². The SMILES string of the molecule is O=C(O)CN(CC(=O)O)Cc1ccn(-c2cncc(-n3ccc(CN(CC(=O)O)CC(=O)O)n3)n2)n1. The lowest BCUT2D eigenvalue weighted by molar-refractivity contribution is -0.144. The molecule has 16 nitrogen and oxygen atoms in total. The van der Waals surface area contributed by atoms with Crippen LogP contribution in [0.3, 0.4) is 0 Å². The minimum absolute atomic E-state index is 0.00950. The molecule has 0 spiro atoms. The number of aliphatic carboxylic acids is 4. The number of carboxylic acids is 4. The lowest BCUT2D eigenvalue weighted by Gasteiger charge is -2.16. The third kappa shape index (κ3) is 7.67. The van der Waals surface area contributed by atoms with Crippen LogP contribution >= 0.6 is 0 Å². The van der Waals surface area contributed by atoms with E-state index in [0.717, 1.165) is 0 Å². The minimum atomic E-state index is -1.16. The Bertz CT molecular complexity index is 1130. The Balaban J connectivity index is 1.74. The zero-order valence-electron chi connectivity index (χ0n) is 18.7. The third-order valence-electron chi connectivity index (χ3n) is 4.57. The molecule has 0 fully saturated rings. The van der Waals surface area contributed by atoms with E-state index >= 15 is 0 Å². The number of carbonyl (C=O) groups is 4. The van der Waals surface area contributed by atoms with Gasteiger partial charge in [-0.1, -0.05) is 0 Å². The summed E-state index contributed by atoms with van der Waals surface area (Å²) in [5, 5.41) is 44.5. The first kappa shape index (κ1) is 25.9. The maximum absolute atomic E-state index is 11.0. The van der Waals surface area contributed by atoms with Crippen LogP contribution in [0.4, 0.5) is 0 Å². The molecule has 0 bridgehead atoms. The standard InChI is InChI=1S/C20H22N8O8/c29-17(30)9-25(10-18(31)32)7-13-1-3-27(23-13)15-5-21-6-16(22-15)28-4-2-14(24-28)8-26(11-19(33)34)12-20(35)36/h1-6H,7-12H2,(H,29,30)(H,31,32)(H,33,34)(H,35,36). The molecule has 16 heteroatoms. The van der Waals surface area contributed by atoms with Gasteiger partial charge in [-0.3, -0.25) is 34.0 Å². The third-order valence-corrected chi connectivity index (χ3v) is 4.57. The van der Waals surface area contributed by atoms with Crippen molar-refractivity contribution in [2.45, 2.75) is 13.1 Å². The van der Waals surface area contributed by atoms with Crippen molar-refractivity contribution >= 4 is 23.9 Å². The van der Waals surface area contributed by atoms with Crippen molar-refractivity contribution in [3.8, 4) is 11.6 Å². The topological polar surface area (TPSA) is 217 Å². The van der Waals surface area contributed by atoms with Crippen molar-refractivity contribution in [3.05, 3.63) is 48.3 Å². The highest BCUT2D eigenvalue weighted by atomic mass is 16.4. The van der Waals surface area contributed by atoms with Gasteiger partial charge in [0.05, 0.1) is 50.0 Å². The van der Waals surface area contributed by atoms with E-state index in [4.69, 9.17) is 20.4 Å². The highest BCUT2D eigenvalue weighted by Crippen LogP contribution is 2.11. The number of rotatable bonds is 14. The molecule has 190 valence electrons. The molecule has 0 aliphatic rings. The van der Waals surface area contributed by atoms with E-state index in [1.54, 1.807) is 24.5 Å². The Labute approximate surface area is 202 Å². The molecule has 0 saturated carbocycles. The van der Waals surface area contributed by atoms with Crippen LogP contribution in [0.5, 0.6) is 0 Å². The monoisotopic (exact) mass is 502 g/mol. The lowest BCUT2D eigenvalue weighted by Crippen LogP contribution is -2.34. The van der Waals surface area contributed by atoms with Crippen molar-refractivity contribution in [2.75, 3.05) is 26.2 Å². The van der Waals surface area contributed by atoms with E-state index in [9.17, 15) is 19.2 Å². The van der Waals surface area contributed by atoms with Gasteiger partial charge in [-0.2, -0.15) is 10.2 Å². The summed E-state index contributed by atoms with van der Waals surface area (Å²) >= 11 is 0. The van der Waals surface area contributed by atoms with E-state index in [2.05, 4.69) is 20.2 Å². The zero-order valence-corrected chi connectivity index (χ0v) is 18.7. The Kier molecular flexibility index (Phi) is 8.37. The molecule has 36 heavy (non-hydrogen) atoms. The molecule has 4 N–H and O–H groups in total. The number of carboxylic acid groups (broad SMARTS) is 4.